The monoisotopic (exact) mass is 342 g/mol. The van der Waals surface area contributed by atoms with E-state index in [9.17, 15) is 5.11 Å². The molecule has 0 bridgehead atoms. The molecule has 0 amide bonds. The lowest BCUT2D eigenvalue weighted by molar-refractivity contribution is -0.00495. The van der Waals surface area contributed by atoms with Crippen molar-refractivity contribution in [3.05, 3.63) is 34.9 Å². The fourth-order valence-electron chi connectivity index (χ4n) is 4.58. The van der Waals surface area contributed by atoms with Gasteiger partial charge in [0.1, 0.15) is 17.1 Å². The predicted molar refractivity (Wildman–Crippen MR) is 104 cm³/mol. The van der Waals surface area contributed by atoms with Crippen molar-refractivity contribution >= 4 is 0 Å². The molecule has 2 atom stereocenters. The van der Waals surface area contributed by atoms with Crippen molar-refractivity contribution in [2.75, 3.05) is 0 Å². The average Bonchev–Trinajstić information content (AvgIpc) is 2.49. The van der Waals surface area contributed by atoms with Gasteiger partial charge in [0, 0.05) is 17.4 Å². The number of fused-ring (bicyclic) bond motifs is 3. The molecule has 0 saturated heterocycles. The highest BCUT2D eigenvalue weighted by atomic mass is 16.5. The van der Waals surface area contributed by atoms with E-state index in [0.717, 1.165) is 30.6 Å². The van der Waals surface area contributed by atoms with Crippen molar-refractivity contribution in [1.29, 1.82) is 0 Å². The van der Waals surface area contributed by atoms with Gasteiger partial charge in [0.2, 0.25) is 0 Å². The molecule has 3 rings (SSSR count). The zero-order valence-corrected chi connectivity index (χ0v) is 16.8. The minimum absolute atomic E-state index is 0.189. The highest BCUT2D eigenvalue weighted by Gasteiger charge is 2.48. The first-order chi connectivity index (χ1) is 11.7. The van der Waals surface area contributed by atoms with Crippen molar-refractivity contribution in [2.24, 2.45) is 11.3 Å². The molecule has 0 unspecified atom stereocenters. The molecule has 2 heteroatoms. The third-order valence-electron chi connectivity index (χ3n) is 6.51. The van der Waals surface area contributed by atoms with Gasteiger partial charge in [-0.25, -0.2) is 0 Å². The van der Waals surface area contributed by atoms with Crippen LogP contribution in [0.25, 0.3) is 0 Å². The van der Waals surface area contributed by atoms with E-state index in [1.165, 1.54) is 24.0 Å². The number of phenols is 1. The Balaban J connectivity index is 2.03. The SMILES string of the molecule is CCCCCc1cc(O)c2c(c1)OC(C)(C)[C@@H]1CC(C)(C)C(C)=C[C@@H]21. The molecule has 0 aromatic heterocycles. The number of rotatable bonds is 4. The summed E-state index contributed by atoms with van der Waals surface area (Å²) in [5, 5.41) is 10.8. The molecule has 1 aliphatic heterocycles. The van der Waals surface area contributed by atoms with Crippen LogP contribution >= 0.6 is 0 Å². The van der Waals surface area contributed by atoms with Gasteiger partial charge in [-0.2, -0.15) is 0 Å². The van der Waals surface area contributed by atoms with Crippen LogP contribution in [-0.2, 0) is 6.42 Å². The fraction of sp³-hybridized carbons (Fsp3) is 0.652. The molecule has 1 N–H and O–H groups in total. The number of allylic oxidation sites excluding steroid dienone is 2. The summed E-state index contributed by atoms with van der Waals surface area (Å²) in [6, 6.07) is 4.14. The summed E-state index contributed by atoms with van der Waals surface area (Å²) in [4.78, 5) is 0. The van der Waals surface area contributed by atoms with Crippen LogP contribution in [0.4, 0.5) is 0 Å². The van der Waals surface area contributed by atoms with Gasteiger partial charge < -0.3 is 9.84 Å². The Hall–Kier alpha value is -1.44. The second-order valence-electron chi connectivity index (χ2n) is 9.26. The molecule has 0 saturated carbocycles. The Bertz CT molecular complexity index is 682. The second-order valence-corrected chi connectivity index (χ2v) is 9.26. The zero-order valence-electron chi connectivity index (χ0n) is 16.8. The van der Waals surface area contributed by atoms with Gasteiger partial charge in [0.15, 0.2) is 0 Å². The third-order valence-corrected chi connectivity index (χ3v) is 6.51. The number of hydrogen-bond donors (Lipinski definition) is 1. The fourth-order valence-corrected chi connectivity index (χ4v) is 4.58. The smallest absolute Gasteiger partial charge is 0.127 e. The van der Waals surface area contributed by atoms with Gasteiger partial charge in [-0.05, 0) is 63.1 Å². The van der Waals surface area contributed by atoms with E-state index >= 15 is 0 Å². The van der Waals surface area contributed by atoms with Crippen LogP contribution in [0.2, 0.25) is 0 Å². The first-order valence-electron chi connectivity index (χ1n) is 9.89. The summed E-state index contributed by atoms with van der Waals surface area (Å²) in [6.07, 6.45) is 8.08. The van der Waals surface area contributed by atoms with Crippen LogP contribution in [0.5, 0.6) is 11.5 Å². The molecule has 1 aromatic rings. The maximum Gasteiger partial charge on any atom is 0.127 e. The minimum atomic E-state index is -0.222. The van der Waals surface area contributed by atoms with Crippen LogP contribution in [0.15, 0.2) is 23.8 Å². The molecule has 25 heavy (non-hydrogen) atoms. The first kappa shape index (κ1) is 18.4. The van der Waals surface area contributed by atoms with E-state index in [4.69, 9.17) is 4.74 Å². The minimum Gasteiger partial charge on any atom is -0.507 e. The lowest BCUT2D eigenvalue weighted by Crippen LogP contribution is -2.47. The van der Waals surface area contributed by atoms with E-state index in [2.05, 4.69) is 53.7 Å². The van der Waals surface area contributed by atoms with Gasteiger partial charge in [-0.1, -0.05) is 45.3 Å². The van der Waals surface area contributed by atoms with Gasteiger partial charge >= 0.3 is 0 Å². The lowest BCUT2D eigenvalue weighted by atomic mass is 9.60. The summed E-state index contributed by atoms with van der Waals surface area (Å²) in [6.45, 7) is 13.5. The van der Waals surface area contributed by atoms with Crippen LogP contribution < -0.4 is 4.74 Å². The van der Waals surface area contributed by atoms with E-state index in [0.29, 0.717) is 11.7 Å². The van der Waals surface area contributed by atoms with E-state index in [-0.39, 0.29) is 16.9 Å². The quantitative estimate of drug-likeness (QED) is 0.509. The summed E-state index contributed by atoms with van der Waals surface area (Å²) in [5.41, 5.74) is 3.58. The van der Waals surface area contributed by atoms with Gasteiger partial charge in [-0.15, -0.1) is 0 Å². The molecule has 0 spiro atoms. The molecule has 0 radical (unpaired) electrons. The summed E-state index contributed by atoms with van der Waals surface area (Å²) >= 11 is 0. The molecule has 1 aromatic carbocycles. The van der Waals surface area contributed by atoms with E-state index < -0.39 is 0 Å². The van der Waals surface area contributed by atoms with Gasteiger partial charge in [0.25, 0.3) is 0 Å². The number of unbranched alkanes of at least 4 members (excludes halogenated alkanes) is 2. The largest absolute Gasteiger partial charge is 0.507 e. The Morgan fingerprint density at radius 2 is 1.88 bits per heavy atom. The number of ether oxygens (including phenoxy) is 1. The molecule has 2 nitrogen and oxygen atoms in total. The highest BCUT2D eigenvalue weighted by Crippen LogP contribution is 2.56. The second kappa shape index (κ2) is 6.37. The maximum atomic E-state index is 10.8. The topological polar surface area (TPSA) is 29.5 Å². The van der Waals surface area contributed by atoms with Crippen molar-refractivity contribution in [3.63, 3.8) is 0 Å². The Kier molecular flexibility index (Phi) is 4.68. The van der Waals surface area contributed by atoms with Crippen LogP contribution in [-0.4, -0.2) is 10.7 Å². The van der Waals surface area contributed by atoms with E-state index in [1.807, 2.05) is 6.07 Å². The molecule has 1 aliphatic carbocycles. The first-order valence-corrected chi connectivity index (χ1v) is 9.89. The number of phenolic OH excluding ortho intramolecular Hbond substituents is 1. The molecular formula is C23H34O2. The van der Waals surface area contributed by atoms with Gasteiger partial charge in [-0.3, -0.25) is 0 Å². The lowest BCUT2D eigenvalue weighted by Gasteiger charge is -2.50. The Morgan fingerprint density at radius 1 is 1.16 bits per heavy atom. The molecule has 2 aliphatic rings. The normalized spacial score (nSPS) is 26.2. The number of benzene rings is 1. The number of hydrogen-bond acceptors (Lipinski definition) is 2. The van der Waals surface area contributed by atoms with Crippen LogP contribution in [0, 0.1) is 11.3 Å². The van der Waals surface area contributed by atoms with Crippen LogP contribution in [0.3, 0.4) is 0 Å². The summed E-state index contributed by atoms with van der Waals surface area (Å²) < 4.78 is 6.46. The summed E-state index contributed by atoms with van der Waals surface area (Å²) in [5.74, 6) is 1.94. The highest BCUT2D eigenvalue weighted by molar-refractivity contribution is 5.54. The molecule has 1 heterocycles. The molecular weight excluding hydrogens is 308 g/mol. The molecule has 138 valence electrons. The standard InChI is InChI=1S/C23H34O2/c1-7-8-9-10-16-12-19(24)21-17-11-15(2)22(3,4)14-18(17)23(5,6)25-20(21)13-16/h11-13,17-18,24H,7-10,14H2,1-6H3/t17-,18-/m1/s1. The zero-order chi connectivity index (χ0) is 18.4. The van der Waals surface area contributed by atoms with Crippen molar-refractivity contribution in [3.8, 4) is 11.5 Å². The van der Waals surface area contributed by atoms with Crippen molar-refractivity contribution in [1.82, 2.24) is 0 Å². The molecule has 0 fully saturated rings. The maximum absolute atomic E-state index is 10.8. The van der Waals surface area contributed by atoms with E-state index in [1.54, 1.807) is 0 Å². The van der Waals surface area contributed by atoms with Gasteiger partial charge in [0.05, 0.1) is 0 Å². The van der Waals surface area contributed by atoms with Crippen molar-refractivity contribution < 1.29 is 9.84 Å². The number of aryl methyl sites for hydroxylation is 1. The van der Waals surface area contributed by atoms with Crippen LogP contribution in [0.1, 0.15) is 84.3 Å². The predicted octanol–water partition coefficient (Wildman–Crippen LogP) is 6.37. The number of aromatic hydroxyl groups is 1. The Labute approximate surface area is 153 Å². The van der Waals surface area contributed by atoms with Crippen molar-refractivity contribution in [2.45, 2.75) is 85.2 Å². The average molecular weight is 343 g/mol. The third kappa shape index (κ3) is 3.32. The summed E-state index contributed by atoms with van der Waals surface area (Å²) in [7, 11) is 0. The Morgan fingerprint density at radius 3 is 2.56 bits per heavy atom.